The molecule has 0 aromatic carbocycles. The van der Waals surface area contributed by atoms with Gasteiger partial charge in [-0.05, 0) is 25.7 Å². The number of carbonyl (C=O) groups is 3. The first-order chi connectivity index (χ1) is 10.1. The number of piperidine rings is 1. The molecule has 0 aromatic heterocycles. The number of amides is 3. The first-order valence-electron chi connectivity index (χ1n) is 7.93. The predicted octanol–water partition coefficient (Wildman–Crippen LogP) is 0.973. The molecule has 0 spiro atoms. The summed E-state index contributed by atoms with van der Waals surface area (Å²) < 4.78 is 0. The monoisotopic (exact) mass is 295 g/mol. The van der Waals surface area contributed by atoms with Gasteiger partial charge in [-0.15, -0.1) is 0 Å². The van der Waals surface area contributed by atoms with E-state index >= 15 is 0 Å². The van der Waals surface area contributed by atoms with Crippen LogP contribution in [0.1, 0.15) is 51.9 Å². The summed E-state index contributed by atoms with van der Waals surface area (Å²) in [7, 11) is 0. The number of nitrogens with one attached hydrogen (secondary N) is 2. The maximum Gasteiger partial charge on any atom is 0.243 e. The second-order valence-corrected chi connectivity index (χ2v) is 6.12. The molecule has 0 unspecified atom stereocenters. The van der Waals surface area contributed by atoms with Crippen LogP contribution >= 0.6 is 0 Å². The van der Waals surface area contributed by atoms with Crippen LogP contribution in [0.25, 0.3) is 0 Å². The highest BCUT2D eigenvalue weighted by Gasteiger charge is 2.28. The van der Waals surface area contributed by atoms with Crippen molar-refractivity contribution in [3.05, 3.63) is 0 Å². The number of carbonyl (C=O) groups excluding carboxylic acids is 3. The quantitative estimate of drug-likeness (QED) is 0.745. The Bertz CT molecular complexity index is 405. The van der Waals surface area contributed by atoms with Crippen LogP contribution in [0.4, 0.5) is 0 Å². The number of hydrazine groups is 1. The second kappa shape index (κ2) is 7.43. The van der Waals surface area contributed by atoms with Gasteiger partial charge in [0.2, 0.25) is 17.7 Å². The third kappa shape index (κ3) is 4.44. The summed E-state index contributed by atoms with van der Waals surface area (Å²) in [6, 6.07) is 0. The fraction of sp³-hybridized carbons (Fsp3) is 0.800. The molecule has 1 atom stereocenters. The summed E-state index contributed by atoms with van der Waals surface area (Å²) in [6.07, 6.45) is 6.76. The zero-order chi connectivity index (χ0) is 15.2. The van der Waals surface area contributed by atoms with E-state index in [9.17, 15) is 14.4 Å². The first kappa shape index (κ1) is 15.8. The minimum absolute atomic E-state index is 0.00117. The smallest absolute Gasteiger partial charge is 0.243 e. The summed E-state index contributed by atoms with van der Waals surface area (Å²) in [4.78, 5) is 37.1. The van der Waals surface area contributed by atoms with Crippen molar-refractivity contribution < 1.29 is 14.4 Å². The zero-order valence-electron chi connectivity index (χ0n) is 12.7. The number of rotatable bonds is 2. The average Bonchev–Trinajstić information content (AvgIpc) is 2.53. The van der Waals surface area contributed by atoms with Crippen molar-refractivity contribution in [3.63, 3.8) is 0 Å². The summed E-state index contributed by atoms with van der Waals surface area (Å²) >= 11 is 0. The van der Waals surface area contributed by atoms with Crippen LogP contribution in [0.5, 0.6) is 0 Å². The molecule has 0 radical (unpaired) electrons. The molecule has 0 aromatic rings. The summed E-state index contributed by atoms with van der Waals surface area (Å²) in [5, 5.41) is 0. The van der Waals surface area contributed by atoms with Crippen LogP contribution in [0.2, 0.25) is 0 Å². The standard InChI is InChI=1S/C15H25N3O3/c1-11(19)18-9-5-8-13(10-18)15(21)17-16-14(20)12-6-3-2-4-7-12/h12-13H,2-10H2,1H3,(H,16,20)(H,17,21)/t13-/m1/s1. The van der Waals surface area contributed by atoms with Gasteiger partial charge < -0.3 is 4.90 Å². The van der Waals surface area contributed by atoms with Gasteiger partial charge in [-0.25, -0.2) is 0 Å². The van der Waals surface area contributed by atoms with E-state index in [4.69, 9.17) is 0 Å². The molecule has 6 nitrogen and oxygen atoms in total. The Morgan fingerprint density at radius 3 is 2.05 bits per heavy atom. The molecule has 6 heteroatoms. The Morgan fingerprint density at radius 1 is 0.857 bits per heavy atom. The van der Waals surface area contributed by atoms with Crippen LogP contribution in [-0.2, 0) is 14.4 Å². The number of nitrogens with zero attached hydrogens (tertiary/aromatic N) is 1. The summed E-state index contributed by atoms with van der Waals surface area (Å²) in [6.45, 7) is 2.68. The van der Waals surface area contributed by atoms with Crippen LogP contribution in [0.3, 0.4) is 0 Å². The molecule has 118 valence electrons. The lowest BCUT2D eigenvalue weighted by Crippen LogP contribution is -2.51. The van der Waals surface area contributed by atoms with Gasteiger partial charge in [-0.2, -0.15) is 0 Å². The topological polar surface area (TPSA) is 78.5 Å². The lowest BCUT2D eigenvalue weighted by molar-refractivity contribution is -0.137. The molecule has 1 aliphatic heterocycles. The maximum absolute atomic E-state index is 12.1. The fourth-order valence-electron chi connectivity index (χ4n) is 3.17. The van der Waals surface area contributed by atoms with E-state index in [1.807, 2.05) is 0 Å². The lowest BCUT2D eigenvalue weighted by Gasteiger charge is -2.31. The van der Waals surface area contributed by atoms with Gasteiger partial charge in [0.25, 0.3) is 0 Å². The van der Waals surface area contributed by atoms with E-state index < -0.39 is 0 Å². The van der Waals surface area contributed by atoms with E-state index in [0.717, 1.165) is 38.5 Å². The van der Waals surface area contributed by atoms with E-state index in [-0.39, 0.29) is 29.6 Å². The largest absolute Gasteiger partial charge is 0.342 e. The molecule has 0 bridgehead atoms. The van der Waals surface area contributed by atoms with Gasteiger partial charge >= 0.3 is 0 Å². The van der Waals surface area contributed by atoms with Crippen LogP contribution in [0.15, 0.2) is 0 Å². The van der Waals surface area contributed by atoms with Crippen LogP contribution < -0.4 is 10.9 Å². The Hall–Kier alpha value is -1.59. The molecule has 2 fully saturated rings. The maximum atomic E-state index is 12.1. The minimum atomic E-state index is -0.227. The molecule has 1 aliphatic carbocycles. The van der Waals surface area contributed by atoms with Crippen LogP contribution in [0, 0.1) is 11.8 Å². The predicted molar refractivity (Wildman–Crippen MR) is 77.8 cm³/mol. The molecular weight excluding hydrogens is 270 g/mol. The van der Waals surface area contributed by atoms with E-state index in [1.54, 1.807) is 4.90 Å². The van der Waals surface area contributed by atoms with Crippen molar-refractivity contribution in [2.24, 2.45) is 11.8 Å². The van der Waals surface area contributed by atoms with Crippen molar-refractivity contribution in [2.75, 3.05) is 13.1 Å². The Morgan fingerprint density at radius 2 is 1.43 bits per heavy atom. The molecule has 2 rings (SSSR count). The summed E-state index contributed by atoms with van der Waals surface area (Å²) in [5.74, 6) is -0.473. The Kier molecular flexibility index (Phi) is 5.59. The fourth-order valence-corrected chi connectivity index (χ4v) is 3.17. The van der Waals surface area contributed by atoms with Gasteiger partial charge in [0.05, 0.1) is 5.92 Å². The lowest BCUT2D eigenvalue weighted by atomic mass is 9.89. The van der Waals surface area contributed by atoms with Crippen molar-refractivity contribution >= 4 is 17.7 Å². The zero-order valence-corrected chi connectivity index (χ0v) is 12.7. The van der Waals surface area contributed by atoms with E-state index in [0.29, 0.717) is 13.1 Å². The van der Waals surface area contributed by atoms with Gasteiger partial charge in [0.15, 0.2) is 0 Å². The molecular formula is C15H25N3O3. The molecule has 3 amide bonds. The molecule has 1 saturated carbocycles. The van der Waals surface area contributed by atoms with E-state index in [1.165, 1.54) is 13.3 Å². The normalized spacial score (nSPS) is 23.5. The molecule has 2 aliphatic rings. The summed E-state index contributed by atoms with van der Waals surface area (Å²) in [5.41, 5.74) is 5.08. The van der Waals surface area contributed by atoms with E-state index in [2.05, 4.69) is 10.9 Å². The van der Waals surface area contributed by atoms with Gasteiger partial charge in [-0.3, -0.25) is 25.2 Å². The van der Waals surface area contributed by atoms with Crippen molar-refractivity contribution in [1.29, 1.82) is 0 Å². The third-order valence-electron chi connectivity index (χ3n) is 4.52. The van der Waals surface area contributed by atoms with Gasteiger partial charge in [0.1, 0.15) is 0 Å². The number of hydrogen-bond donors (Lipinski definition) is 2. The van der Waals surface area contributed by atoms with Crippen molar-refractivity contribution in [2.45, 2.75) is 51.9 Å². The Labute approximate surface area is 125 Å². The molecule has 1 heterocycles. The third-order valence-corrected chi connectivity index (χ3v) is 4.52. The number of likely N-dealkylation sites (tertiary alicyclic amines) is 1. The minimum Gasteiger partial charge on any atom is -0.342 e. The van der Waals surface area contributed by atoms with Gasteiger partial charge in [-0.1, -0.05) is 19.3 Å². The highest BCUT2D eigenvalue weighted by molar-refractivity contribution is 5.85. The van der Waals surface area contributed by atoms with Crippen molar-refractivity contribution in [1.82, 2.24) is 15.8 Å². The second-order valence-electron chi connectivity index (χ2n) is 6.12. The average molecular weight is 295 g/mol. The number of hydrogen-bond acceptors (Lipinski definition) is 3. The first-order valence-corrected chi connectivity index (χ1v) is 7.93. The highest BCUT2D eigenvalue weighted by Crippen LogP contribution is 2.23. The molecule has 1 saturated heterocycles. The molecule has 21 heavy (non-hydrogen) atoms. The molecule has 2 N–H and O–H groups in total. The van der Waals surface area contributed by atoms with Crippen molar-refractivity contribution in [3.8, 4) is 0 Å². The SMILES string of the molecule is CC(=O)N1CCC[C@@H](C(=O)NNC(=O)C2CCCCC2)C1. The Balaban J connectivity index is 1.75. The van der Waals surface area contributed by atoms with Gasteiger partial charge in [0, 0.05) is 25.9 Å². The van der Waals surface area contributed by atoms with Crippen LogP contribution in [-0.4, -0.2) is 35.7 Å². The highest BCUT2D eigenvalue weighted by atomic mass is 16.2.